The number of rotatable bonds is 9. The number of aromatic nitrogens is 5. The average molecular weight is 434 g/mol. The Hall–Kier alpha value is -3.72. The van der Waals surface area contributed by atoms with Crippen LogP contribution in [0.25, 0.3) is 10.9 Å². The normalized spacial score (nSPS) is 11.2. The Morgan fingerprint density at radius 1 is 1.06 bits per heavy atom. The van der Waals surface area contributed by atoms with Gasteiger partial charge < -0.3 is 20.1 Å². The minimum Gasteiger partial charge on any atom is -0.491 e. The summed E-state index contributed by atoms with van der Waals surface area (Å²) in [4.78, 5) is 13.1. The summed E-state index contributed by atoms with van der Waals surface area (Å²) in [5.41, 5.74) is 1.68. The molecule has 4 aromatic rings. The van der Waals surface area contributed by atoms with E-state index in [0.717, 1.165) is 23.0 Å². The zero-order chi connectivity index (χ0) is 22.5. The zero-order valence-corrected chi connectivity index (χ0v) is 18.7. The van der Waals surface area contributed by atoms with Gasteiger partial charge in [-0.25, -0.2) is 15.0 Å². The number of benzene rings is 1. The molecule has 0 atom stereocenters. The molecule has 0 aliphatic carbocycles. The summed E-state index contributed by atoms with van der Waals surface area (Å²) in [6.07, 6.45) is 5.06. The summed E-state index contributed by atoms with van der Waals surface area (Å²) in [6, 6.07) is 9.89. The van der Waals surface area contributed by atoms with Crippen molar-refractivity contribution in [1.29, 1.82) is 0 Å². The van der Waals surface area contributed by atoms with Gasteiger partial charge in [0.15, 0.2) is 5.82 Å². The van der Waals surface area contributed by atoms with Gasteiger partial charge in [-0.05, 0) is 31.2 Å². The van der Waals surface area contributed by atoms with Gasteiger partial charge in [0.1, 0.15) is 30.3 Å². The van der Waals surface area contributed by atoms with E-state index in [4.69, 9.17) is 9.47 Å². The maximum atomic E-state index is 6.06. The molecular weight excluding hydrogens is 406 g/mol. The highest BCUT2D eigenvalue weighted by Crippen LogP contribution is 2.30. The molecule has 0 fully saturated rings. The molecule has 9 nitrogen and oxygen atoms in total. The van der Waals surface area contributed by atoms with E-state index in [9.17, 15) is 0 Å². The minimum absolute atomic E-state index is 0.432. The third kappa shape index (κ3) is 5.30. The van der Waals surface area contributed by atoms with Crippen molar-refractivity contribution in [2.24, 2.45) is 7.05 Å². The van der Waals surface area contributed by atoms with E-state index in [1.807, 2.05) is 50.5 Å². The number of anilines is 2. The molecule has 0 saturated carbocycles. The summed E-state index contributed by atoms with van der Waals surface area (Å²) in [5, 5.41) is 11.7. The fourth-order valence-electron chi connectivity index (χ4n) is 3.15. The van der Waals surface area contributed by atoms with Gasteiger partial charge in [0.05, 0.1) is 11.7 Å². The van der Waals surface area contributed by atoms with Gasteiger partial charge in [0.25, 0.3) is 0 Å². The van der Waals surface area contributed by atoms with Crippen molar-refractivity contribution in [3.05, 3.63) is 54.6 Å². The molecule has 0 aliphatic heterocycles. The molecule has 0 radical (unpaired) electrons. The monoisotopic (exact) mass is 433 g/mol. The van der Waals surface area contributed by atoms with Crippen molar-refractivity contribution in [2.75, 3.05) is 18.5 Å². The molecule has 4 rings (SSSR count). The molecule has 166 valence electrons. The quantitative estimate of drug-likeness (QED) is 0.383. The van der Waals surface area contributed by atoms with E-state index >= 15 is 0 Å². The third-order valence-corrected chi connectivity index (χ3v) is 4.71. The van der Waals surface area contributed by atoms with Crippen molar-refractivity contribution in [1.82, 2.24) is 30.0 Å². The first-order valence-electron chi connectivity index (χ1n) is 10.5. The van der Waals surface area contributed by atoms with Crippen LogP contribution in [0.5, 0.6) is 17.4 Å². The lowest BCUT2D eigenvalue weighted by Crippen LogP contribution is -2.27. The van der Waals surface area contributed by atoms with Crippen LogP contribution in [0.15, 0.2) is 49.1 Å². The van der Waals surface area contributed by atoms with E-state index in [-0.39, 0.29) is 0 Å². The molecule has 0 aliphatic rings. The van der Waals surface area contributed by atoms with Gasteiger partial charge in [-0.15, -0.1) is 0 Å². The number of aryl methyl sites for hydroxylation is 2. The van der Waals surface area contributed by atoms with Gasteiger partial charge in [0.2, 0.25) is 5.88 Å². The molecule has 9 heteroatoms. The Morgan fingerprint density at radius 3 is 2.69 bits per heavy atom. The van der Waals surface area contributed by atoms with Crippen LogP contribution in [0.4, 0.5) is 11.6 Å². The third-order valence-electron chi connectivity index (χ3n) is 4.71. The average Bonchev–Trinajstić information content (AvgIpc) is 3.18. The van der Waals surface area contributed by atoms with Crippen molar-refractivity contribution in [3.8, 4) is 17.4 Å². The molecule has 0 spiro atoms. The highest BCUT2D eigenvalue weighted by molar-refractivity contribution is 5.91. The van der Waals surface area contributed by atoms with Crippen molar-refractivity contribution in [2.45, 2.75) is 26.8 Å². The zero-order valence-electron chi connectivity index (χ0n) is 18.7. The van der Waals surface area contributed by atoms with Crippen LogP contribution in [0.1, 0.15) is 19.4 Å². The first kappa shape index (κ1) is 21.5. The molecule has 3 heterocycles. The Kier molecular flexibility index (Phi) is 6.46. The highest BCUT2D eigenvalue weighted by atomic mass is 16.5. The summed E-state index contributed by atoms with van der Waals surface area (Å²) in [5.74, 6) is 3.24. The molecule has 0 saturated heterocycles. The second-order valence-electron chi connectivity index (χ2n) is 7.75. The van der Waals surface area contributed by atoms with Crippen molar-refractivity contribution in [3.63, 3.8) is 0 Å². The Balaban J connectivity index is 1.49. The van der Waals surface area contributed by atoms with Crippen molar-refractivity contribution >= 4 is 22.5 Å². The van der Waals surface area contributed by atoms with Crippen molar-refractivity contribution < 1.29 is 9.47 Å². The van der Waals surface area contributed by atoms with E-state index in [0.29, 0.717) is 41.7 Å². The molecule has 0 bridgehead atoms. The van der Waals surface area contributed by atoms with Crippen LogP contribution in [0, 0.1) is 6.92 Å². The fourth-order valence-corrected chi connectivity index (χ4v) is 3.15. The largest absolute Gasteiger partial charge is 0.491 e. The standard InChI is InChI=1S/C23H27N7O2/c1-15(2)24-8-10-31-18-11-16(3)23(25-13-18)32-17-5-6-20-19(12-17)22(27-14-26-20)28-21-7-9-30(4)29-21/h5-7,9,11-15,24H,8,10H2,1-4H3,(H,26,27,28,29). The molecule has 2 N–H and O–H groups in total. The number of hydrogen-bond donors (Lipinski definition) is 2. The van der Waals surface area contributed by atoms with Crippen LogP contribution in [0.3, 0.4) is 0 Å². The lowest BCUT2D eigenvalue weighted by molar-refractivity contribution is 0.306. The predicted octanol–water partition coefficient (Wildman–Crippen LogP) is 3.98. The van der Waals surface area contributed by atoms with Gasteiger partial charge in [0, 0.05) is 42.8 Å². The number of fused-ring (bicyclic) bond motifs is 1. The number of hydrogen-bond acceptors (Lipinski definition) is 8. The van der Waals surface area contributed by atoms with Crippen LogP contribution in [-0.4, -0.2) is 43.9 Å². The number of ether oxygens (including phenoxy) is 2. The lowest BCUT2D eigenvalue weighted by atomic mass is 10.2. The molecule has 32 heavy (non-hydrogen) atoms. The van der Waals surface area contributed by atoms with Crippen LogP contribution >= 0.6 is 0 Å². The van der Waals surface area contributed by atoms with E-state index in [1.165, 1.54) is 6.33 Å². The Morgan fingerprint density at radius 2 is 1.94 bits per heavy atom. The number of nitrogens with zero attached hydrogens (tertiary/aromatic N) is 5. The molecule has 0 amide bonds. The summed E-state index contributed by atoms with van der Waals surface area (Å²) < 4.78 is 13.5. The Bertz CT molecular complexity index is 1210. The van der Waals surface area contributed by atoms with Crippen LogP contribution in [-0.2, 0) is 7.05 Å². The summed E-state index contributed by atoms with van der Waals surface area (Å²) >= 11 is 0. The first-order valence-corrected chi connectivity index (χ1v) is 10.5. The highest BCUT2D eigenvalue weighted by Gasteiger charge is 2.10. The van der Waals surface area contributed by atoms with Crippen LogP contribution < -0.4 is 20.1 Å². The maximum absolute atomic E-state index is 6.06. The Labute approximate surface area is 186 Å². The molecule has 1 aromatic carbocycles. The minimum atomic E-state index is 0.432. The molecule has 3 aromatic heterocycles. The van der Waals surface area contributed by atoms with Gasteiger partial charge in [-0.1, -0.05) is 13.8 Å². The van der Waals surface area contributed by atoms with Gasteiger partial charge >= 0.3 is 0 Å². The van der Waals surface area contributed by atoms with E-state index in [1.54, 1.807) is 10.9 Å². The van der Waals surface area contributed by atoms with Gasteiger partial charge in [-0.3, -0.25) is 4.68 Å². The maximum Gasteiger partial charge on any atom is 0.222 e. The second kappa shape index (κ2) is 9.61. The van der Waals surface area contributed by atoms with E-state index < -0.39 is 0 Å². The predicted molar refractivity (Wildman–Crippen MR) is 124 cm³/mol. The summed E-state index contributed by atoms with van der Waals surface area (Å²) in [6.45, 7) is 7.52. The number of nitrogens with one attached hydrogen (secondary N) is 2. The first-order chi connectivity index (χ1) is 15.5. The number of pyridine rings is 1. The fraction of sp³-hybridized carbons (Fsp3) is 0.304. The summed E-state index contributed by atoms with van der Waals surface area (Å²) in [7, 11) is 1.86. The second-order valence-corrected chi connectivity index (χ2v) is 7.75. The molecule has 0 unspecified atom stereocenters. The lowest BCUT2D eigenvalue weighted by Gasteiger charge is -2.12. The van der Waals surface area contributed by atoms with Gasteiger partial charge in [-0.2, -0.15) is 5.10 Å². The molecular formula is C23H27N7O2. The smallest absolute Gasteiger partial charge is 0.222 e. The van der Waals surface area contributed by atoms with Crippen LogP contribution in [0.2, 0.25) is 0 Å². The topological polar surface area (TPSA) is 99.0 Å². The SMILES string of the molecule is Cc1cc(OCCNC(C)C)cnc1Oc1ccc2ncnc(Nc3ccn(C)n3)c2c1. The van der Waals surface area contributed by atoms with E-state index in [2.05, 4.69) is 44.5 Å².